The lowest BCUT2D eigenvalue weighted by Gasteiger charge is -2.18. The van der Waals surface area contributed by atoms with Crippen molar-refractivity contribution in [2.24, 2.45) is 0 Å². The van der Waals surface area contributed by atoms with E-state index in [2.05, 4.69) is 16.9 Å². The number of aryl methyl sites for hydroxylation is 2. The van der Waals surface area contributed by atoms with Gasteiger partial charge in [0.25, 0.3) is 0 Å². The molecule has 0 bridgehead atoms. The van der Waals surface area contributed by atoms with E-state index < -0.39 is 0 Å². The lowest BCUT2D eigenvalue weighted by molar-refractivity contribution is 0.263. The number of hydrogen-bond donors (Lipinski definition) is 0. The molecule has 5 heteroatoms. The van der Waals surface area contributed by atoms with Gasteiger partial charge in [0.05, 0.1) is 18.8 Å². The van der Waals surface area contributed by atoms with Gasteiger partial charge in [0, 0.05) is 23.8 Å². The first-order valence-electron chi connectivity index (χ1n) is 7.52. The number of likely N-dealkylation sites (N-methyl/N-ethyl adjacent to an activating group) is 1. The second-order valence-corrected chi connectivity index (χ2v) is 6.49. The average molecular weight is 290 g/mol. The normalized spacial score (nSPS) is 14.7. The molecule has 2 heterocycles. The van der Waals surface area contributed by atoms with Crippen LogP contribution >= 0.6 is 11.3 Å². The van der Waals surface area contributed by atoms with E-state index in [0.717, 1.165) is 26.2 Å². The highest BCUT2D eigenvalue weighted by Crippen LogP contribution is 2.27. The molecule has 2 aromatic heterocycles. The van der Waals surface area contributed by atoms with Crippen molar-refractivity contribution in [3.05, 3.63) is 34.0 Å². The second kappa shape index (κ2) is 6.50. The maximum Gasteiger partial charge on any atom is 0.107 e. The smallest absolute Gasteiger partial charge is 0.107 e. The summed E-state index contributed by atoms with van der Waals surface area (Å²) in [7, 11) is 0. The van der Waals surface area contributed by atoms with Gasteiger partial charge in [-0.2, -0.15) is 5.10 Å². The van der Waals surface area contributed by atoms with Gasteiger partial charge in [0.1, 0.15) is 5.01 Å². The molecule has 20 heavy (non-hydrogen) atoms. The molecule has 0 saturated carbocycles. The van der Waals surface area contributed by atoms with Crippen LogP contribution in [0.25, 0.3) is 0 Å². The number of fused-ring (bicyclic) bond motifs is 1. The molecule has 0 amide bonds. The van der Waals surface area contributed by atoms with Crippen LogP contribution in [-0.2, 0) is 25.9 Å². The van der Waals surface area contributed by atoms with E-state index in [1.807, 2.05) is 34.5 Å². The zero-order valence-electron chi connectivity index (χ0n) is 12.1. The Morgan fingerprint density at radius 1 is 1.35 bits per heavy atom. The fraction of sp³-hybridized carbons (Fsp3) is 0.600. The van der Waals surface area contributed by atoms with Gasteiger partial charge < -0.3 is 0 Å². The van der Waals surface area contributed by atoms with Crippen LogP contribution in [0.2, 0.25) is 0 Å². The standard InChI is InChI=1S/C15H22N4S/c1-2-18(10-11-19-9-5-8-16-19)12-15-17-13-6-3-4-7-14(13)20-15/h5,8-9H,2-4,6-7,10-12H2,1H3. The average Bonchev–Trinajstić information content (AvgIpc) is 3.11. The van der Waals surface area contributed by atoms with Gasteiger partial charge >= 0.3 is 0 Å². The van der Waals surface area contributed by atoms with Crippen LogP contribution in [0.5, 0.6) is 0 Å². The van der Waals surface area contributed by atoms with Crippen molar-refractivity contribution < 1.29 is 0 Å². The minimum absolute atomic E-state index is 0.950. The van der Waals surface area contributed by atoms with Crippen LogP contribution in [0.4, 0.5) is 0 Å². The first kappa shape index (κ1) is 13.8. The Balaban J connectivity index is 1.58. The van der Waals surface area contributed by atoms with Gasteiger partial charge in [-0.1, -0.05) is 6.92 Å². The lowest BCUT2D eigenvalue weighted by atomic mass is 10.0. The van der Waals surface area contributed by atoms with Gasteiger partial charge in [-0.15, -0.1) is 11.3 Å². The van der Waals surface area contributed by atoms with Crippen molar-refractivity contribution in [2.45, 2.75) is 45.7 Å². The number of aromatic nitrogens is 3. The third kappa shape index (κ3) is 3.27. The molecule has 2 aromatic rings. The molecule has 0 radical (unpaired) electrons. The van der Waals surface area contributed by atoms with E-state index in [1.165, 1.54) is 41.3 Å². The molecule has 0 fully saturated rings. The quantitative estimate of drug-likeness (QED) is 0.820. The van der Waals surface area contributed by atoms with Gasteiger partial charge in [0.2, 0.25) is 0 Å². The summed E-state index contributed by atoms with van der Waals surface area (Å²) in [6, 6.07) is 1.98. The molecule has 4 nitrogen and oxygen atoms in total. The van der Waals surface area contributed by atoms with Crippen molar-refractivity contribution in [1.29, 1.82) is 0 Å². The number of hydrogen-bond acceptors (Lipinski definition) is 4. The molecular weight excluding hydrogens is 268 g/mol. The van der Waals surface area contributed by atoms with Crippen molar-refractivity contribution in [3.8, 4) is 0 Å². The summed E-state index contributed by atoms with van der Waals surface area (Å²) in [5.41, 5.74) is 1.37. The number of nitrogens with zero attached hydrogens (tertiary/aromatic N) is 4. The monoisotopic (exact) mass is 290 g/mol. The Morgan fingerprint density at radius 2 is 2.25 bits per heavy atom. The van der Waals surface area contributed by atoms with E-state index in [4.69, 9.17) is 4.98 Å². The van der Waals surface area contributed by atoms with E-state index in [-0.39, 0.29) is 0 Å². The van der Waals surface area contributed by atoms with Gasteiger partial charge in [-0.3, -0.25) is 9.58 Å². The molecule has 1 aliphatic carbocycles. The molecule has 0 spiro atoms. The third-order valence-corrected chi connectivity index (χ3v) is 5.04. The Hall–Kier alpha value is -1.20. The first-order chi connectivity index (χ1) is 9.85. The molecule has 0 aliphatic heterocycles. The van der Waals surface area contributed by atoms with Crippen molar-refractivity contribution in [2.75, 3.05) is 13.1 Å². The van der Waals surface area contributed by atoms with E-state index in [0.29, 0.717) is 0 Å². The van der Waals surface area contributed by atoms with E-state index in [9.17, 15) is 0 Å². The topological polar surface area (TPSA) is 34.0 Å². The predicted molar refractivity (Wildman–Crippen MR) is 81.9 cm³/mol. The summed E-state index contributed by atoms with van der Waals surface area (Å²) in [4.78, 5) is 8.82. The van der Waals surface area contributed by atoms with E-state index in [1.54, 1.807) is 0 Å². The minimum atomic E-state index is 0.950. The first-order valence-corrected chi connectivity index (χ1v) is 8.34. The van der Waals surface area contributed by atoms with Crippen LogP contribution in [0.1, 0.15) is 35.3 Å². The third-order valence-electron chi connectivity index (χ3n) is 3.90. The summed E-state index contributed by atoms with van der Waals surface area (Å²) in [5, 5.41) is 5.55. The Morgan fingerprint density at radius 3 is 3.00 bits per heavy atom. The van der Waals surface area contributed by atoms with Crippen LogP contribution < -0.4 is 0 Å². The Kier molecular flexibility index (Phi) is 4.47. The zero-order chi connectivity index (χ0) is 13.8. The number of thiazole rings is 1. The van der Waals surface area contributed by atoms with Gasteiger partial charge in [-0.25, -0.2) is 4.98 Å². The molecule has 0 N–H and O–H groups in total. The fourth-order valence-electron chi connectivity index (χ4n) is 2.69. The molecule has 1 aliphatic rings. The Labute approximate surface area is 124 Å². The summed E-state index contributed by atoms with van der Waals surface area (Å²) in [6.07, 6.45) is 8.94. The fourth-order valence-corrected chi connectivity index (χ4v) is 3.89. The van der Waals surface area contributed by atoms with Crippen LogP contribution in [-0.4, -0.2) is 32.8 Å². The highest BCUT2D eigenvalue weighted by molar-refractivity contribution is 7.11. The maximum absolute atomic E-state index is 4.84. The second-order valence-electron chi connectivity index (χ2n) is 5.32. The van der Waals surface area contributed by atoms with Crippen LogP contribution in [0.3, 0.4) is 0 Å². The minimum Gasteiger partial charge on any atom is -0.295 e. The maximum atomic E-state index is 4.84. The molecule has 0 aromatic carbocycles. The molecule has 0 unspecified atom stereocenters. The number of rotatable bonds is 6. The molecule has 0 saturated heterocycles. The van der Waals surface area contributed by atoms with Crippen LogP contribution in [0.15, 0.2) is 18.5 Å². The zero-order valence-corrected chi connectivity index (χ0v) is 12.9. The summed E-state index contributed by atoms with van der Waals surface area (Å²) >= 11 is 1.93. The van der Waals surface area contributed by atoms with Crippen molar-refractivity contribution in [1.82, 2.24) is 19.7 Å². The highest BCUT2D eigenvalue weighted by atomic mass is 32.1. The lowest BCUT2D eigenvalue weighted by Crippen LogP contribution is -2.27. The molecular formula is C15H22N4S. The largest absolute Gasteiger partial charge is 0.295 e. The molecule has 3 rings (SSSR count). The SMILES string of the molecule is CCN(CCn1cccn1)Cc1nc2c(s1)CCCC2. The summed E-state index contributed by atoms with van der Waals surface area (Å²) in [5.74, 6) is 0. The Bertz CT molecular complexity index is 509. The van der Waals surface area contributed by atoms with Gasteiger partial charge in [0.15, 0.2) is 0 Å². The predicted octanol–water partition coefficient (Wildman–Crippen LogP) is 2.74. The van der Waals surface area contributed by atoms with Crippen molar-refractivity contribution >= 4 is 11.3 Å². The van der Waals surface area contributed by atoms with Crippen LogP contribution in [0, 0.1) is 0 Å². The van der Waals surface area contributed by atoms with E-state index >= 15 is 0 Å². The molecule has 0 atom stereocenters. The van der Waals surface area contributed by atoms with Gasteiger partial charge in [-0.05, 0) is 38.3 Å². The van der Waals surface area contributed by atoms with Crippen molar-refractivity contribution in [3.63, 3.8) is 0 Å². The highest BCUT2D eigenvalue weighted by Gasteiger charge is 2.16. The summed E-state index contributed by atoms with van der Waals surface area (Å²) in [6.45, 7) is 6.24. The molecule has 108 valence electrons. The summed E-state index contributed by atoms with van der Waals surface area (Å²) < 4.78 is 2.00.